The van der Waals surface area contributed by atoms with Crippen molar-refractivity contribution in [2.45, 2.75) is 52.9 Å². The van der Waals surface area contributed by atoms with E-state index < -0.39 is 0 Å². The number of benzene rings is 1. The lowest BCUT2D eigenvalue weighted by molar-refractivity contribution is 0.457. The summed E-state index contributed by atoms with van der Waals surface area (Å²) in [5.74, 6) is 0.801. The Morgan fingerprint density at radius 2 is 1.67 bits per heavy atom. The summed E-state index contributed by atoms with van der Waals surface area (Å²) < 4.78 is 0. The minimum atomic E-state index is 0.0864. The van der Waals surface area contributed by atoms with Gasteiger partial charge in [-0.05, 0) is 35.4 Å². The zero-order valence-corrected chi connectivity index (χ0v) is 10.7. The van der Waals surface area contributed by atoms with Crippen molar-refractivity contribution >= 4 is 0 Å². The summed E-state index contributed by atoms with van der Waals surface area (Å²) in [7, 11) is 0. The second-order valence-corrected chi connectivity index (χ2v) is 5.65. The molecule has 0 unspecified atom stereocenters. The van der Waals surface area contributed by atoms with Gasteiger partial charge in [-0.25, -0.2) is 0 Å². The number of hydrogen-bond acceptors (Lipinski definition) is 1. The maximum atomic E-state index is 10.0. The van der Waals surface area contributed by atoms with E-state index in [1.165, 1.54) is 5.56 Å². The first-order valence-electron chi connectivity index (χ1n) is 5.57. The van der Waals surface area contributed by atoms with E-state index in [9.17, 15) is 5.11 Å². The summed E-state index contributed by atoms with van der Waals surface area (Å²) in [5, 5.41) is 10.0. The van der Waals surface area contributed by atoms with E-state index in [2.05, 4.69) is 40.7 Å². The molecule has 1 aromatic carbocycles. The molecular weight excluding hydrogens is 184 g/mol. The van der Waals surface area contributed by atoms with Gasteiger partial charge in [0.2, 0.25) is 0 Å². The molecule has 0 saturated heterocycles. The lowest BCUT2D eigenvalue weighted by Crippen LogP contribution is -2.15. The van der Waals surface area contributed by atoms with Crippen LogP contribution in [0.25, 0.3) is 0 Å². The van der Waals surface area contributed by atoms with E-state index in [0.717, 1.165) is 11.1 Å². The van der Waals surface area contributed by atoms with Crippen LogP contribution in [0.5, 0.6) is 5.75 Å². The number of aryl methyl sites for hydroxylation is 1. The number of phenolic OH excluding ortho intramolecular Hbond substituents is 1. The highest BCUT2D eigenvalue weighted by atomic mass is 16.3. The first-order valence-corrected chi connectivity index (χ1v) is 5.57. The van der Waals surface area contributed by atoms with Gasteiger partial charge >= 0.3 is 0 Å². The Hall–Kier alpha value is -0.980. The summed E-state index contributed by atoms with van der Waals surface area (Å²) in [5.41, 5.74) is 3.56. The van der Waals surface area contributed by atoms with E-state index in [1.807, 2.05) is 13.0 Å². The molecule has 1 N–H and O–H groups in total. The average Bonchev–Trinajstić information content (AvgIpc) is 1.99. The summed E-state index contributed by atoms with van der Waals surface area (Å²) in [6.45, 7) is 12.8. The Morgan fingerprint density at radius 1 is 1.13 bits per heavy atom. The zero-order valence-electron chi connectivity index (χ0n) is 10.7. The molecule has 0 fully saturated rings. The Bertz CT molecular complexity index is 356. The standard InChI is InChI=1S/C14H22O/c1-9(2)13-11(14(4,5)6)7-10(3)8-12(13)15/h7-9,15H,1-6H3. The Kier molecular flexibility index (Phi) is 3.13. The molecule has 0 amide bonds. The summed E-state index contributed by atoms with van der Waals surface area (Å²) in [6.07, 6.45) is 0. The van der Waals surface area contributed by atoms with Crippen LogP contribution in [0.3, 0.4) is 0 Å². The van der Waals surface area contributed by atoms with E-state index >= 15 is 0 Å². The lowest BCUT2D eigenvalue weighted by Gasteiger charge is -2.26. The molecule has 1 aromatic rings. The minimum absolute atomic E-state index is 0.0864. The van der Waals surface area contributed by atoms with Crippen molar-refractivity contribution in [3.8, 4) is 5.75 Å². The number of phenols is 1. The van der Waals surface area contributed by atoms with E-state index in [0.29, 0.717) is 11.7 Å². The van der Waals surface area contributed by atoms with Gasteiger partial charge in [0.1, 0.15) is 5.75 Å². The van der Waals surface area contributed by atoms with Gasteiger partial charge in [-0.15, -0.1) is 0 Å². The highest BCUT2D eigenvalue weighted by molar-refractivity contribution is 5.47. The van der Waals surface area contributed by atoms with E-state index in [4.69, 9.17) is 0 Å². The third-order valence-electron chi connectivity index (χ3n) is 2.69. The molecular formula is C14H22O. The molecule has 15 heavy (non-hydrogen) atoms. The molecule has 0 bridgehead atoms. The van der Waals surface area contributed by atoms with Crippen LogP contribution >= 0.6 is 0 Å². The fourth-order valence-corrected chi connectivity index (χ4v) is 2.01. The number of aromatic hydroxyl groups is 1. The molecule has 0 radical (unpaired) electrons. The Morgan fingerprint density at radius 3 is 2.07 bits per heavy atom. The van der Waals surface area contributed by atoms with Crippen LogP contribution in [0.1, 0.15) is 57.2 Å². The first-order chi connectivity index (χ1) is 6.73. The molecule has 84 valence electrons. The van der Waals surface area contributed by atoms with Gasteiger partial charge in [-0.2, -0.15) is 0 Å². The van der Waals surface area contributed by atoms with Crippen molar-refractivity contribution in [2.75, 3.05) is 0 Å². The third-order valence-corrected chi connectivity index (χ3v) is 2.69. The van der Waals surface area contributed by atoms with Gasteiger partial charge in [0.25, 0.3) is 0 Å². The van der Waals surface area contributed by atoms with Crippen LogP contribution in [0.2, 0.25) is 0 Å². The molecule has 1 rings (SSSR count). The lowest BCUT2D eigenvalue weighted by atomic mass is 9.79. The largest absolute Gasteiger partial charge is 0.508 e. The molecule has 0 aliphatic carbocycles. The van der Waals surface area contributed by atoms with Gasteiger partial charge in [0.15, 0.2) is 0 Å². The van der Waals surface area contributed by atoms with Crippen LogP contribution in [0, 0.1) is 6.92 Å². The van der Waals surface area contributed by atoms with E-state index in [1.54, 1.807) is 0 Å². The maximum Gasteiger partial charge on any atom is 0.119 e. The highest BCUT2D eigenvalue weighted by Gasteiger charge is 2.22. The Labute approximate surface area is 93.1 Å². The van der Waals surface area contributed by atoms with Gasteiger partial charge < -0.3 is 5.11 Å². The summed E-state index contributed by atoms with van der Waals surface area (Å²) in [6, 6.07) is 4.04. The van der Waals surface area contributed by atoms with Gasteiger partial charge in [0.05, 0.1) is 0 Å². The van der Waals surface area contributed by atoms with Crippen LogP contribution in [-0.2, 0) is 5.41 Å². The topological polar surface area (TPSA) is 20.2 Å². The van der Waals surface area contributed by atoms with Crippen molar-refractivity contribution < 1.29 is 5.11 Å². The molecule has 1 nitrogen and oxygen atoms in total. The highest BCUT2D eigenvalue weighted by Crippen LogP contribution is 2.37. The van der Waals surface area contributed by atoms with Crippen LogP contribution in [-0.4, -0.2) is 5.11 Å². The second kappa shape index (κ2) is 3.88. The fourth-order valence-electron chi connectivity index (χ4n) is 2.01. The molecule has 0 heterocycles. The third kappa shape index (κ3) is 2.53. The number of rotatable bonds is 1. The molecule has 1 heteroatoms. The molecule has 0 aliphatic rings. The molecule has 0 saturated carbocycles. The summed E-state index contributed by atoms with van der Waals surface area (Å²) in [4.78, 5) is 0. The van der Waals surface area contributed by atoms with Crippen molar-refractivity contribution in [3.05, 3.63) is 28.8 Å². The Balaban J connectivity index is 3.47. The second-order valence-electron chi connectivity index (χ2n) is 5.65. The van der Waals surface area contributed by atoms with Crippen molar-refractivity contribution in [2.24, 2.45) is 0 Å². The van der Waals surface area contributed by atoms with Crippen LogP contribution in [0.4, 0.5) is 0 Å². The normalized spacial score (nSPS) is 12.2. The van der Waals surface area contributed by atoms with Gasteiger partial charge in [-0.1, -0.05) is 40.7 Å². The zero-order chi connectivity index (χ0) is 11.8. The monoisotopic (exact) mass is 206 g/mol. The molecule has 0 atom stereocenters. The van der Waals surface area contributed by atoms with Crippen molar-refractivity contribution in [1.82, 2.24) is 0 Å². The fraction of sp³-hybridized carbons (Fsp3) is 0.571. The van der Waals surface area contributed by atoms with Crippen LogP contribution < -0.4 is 0 Å². The predicted molar refractivity (Wildman–Crippen MR) is 65.6 cm³/mol. The molecule has 0 aliphatic heterocycles. The first kappa shape index (κ1) is 12.1. The average molecular weight is 206 g/mol. The predicted octanol–water partition coefficient (Wildman–Crippen LogP) is 4.12. The smallest absolute Gasteiger partial charge is 0.119 e. The molecule has 0 spiro atoms. The summed E-state index contributed by atoms with van der Waals surface area (Å²) >= 11 is 0. The van der Waals surface area contributed by atoms with Crippen LogP contribution in [0.15, 0.2) is 12.1 Å². The quantitative estimate of drug-likeness (QED) is 0.732. The SMILES string of the molecule is Cc1cc(O)c(C(C)C)c(C(C)(C)C)c1. The maximum absolute atomic E-state index is 10.0. The number of hydrogen-bond donors (Lipinski definition) is 1. The van der Waals surface area contributed by atoms with Crippen molar-refractivity contribution in [1.29, 1.82) is 0 Å². The molecule has 0 aromatic heterocycles. The van der Waals surface area contributed by atoms with Crippen molar-refractivity contribution in [3.63, 3.8) is 0 Å². The van der Waals surface area contributed by atoms with Gasteiger partial charge in [-0.3, -0.25) is 0 Å². The van der Waals surface area contributed by atoms with E-state index in [-0.39, 0.29) is 5.41 Å². The minimum Gasteiger partial charge on any atom is -0.508 e. The van der Waals surface area contributed by atoms with Gasteiger partial charge in [0, 0.05) is 5.56 Å².